The first-order chi connectivity index (χ1) is 14.7. The summed E-state index contributed by atoms with van der Waals surface area (Å²) in [5.74, 6) is -2.74. The van der Waals surface area contributed by atoms with Crippen molar-refractivity contribution >= 4 is 23.4 Å². The molecule has 0 atom stereocenters. The summed E-state index contributed by atoms with van der Waals surface area (Å²) in [6, 6.07) is 4.39. The SMILES string of the molecule is CO[C@H]1C[C@@]2(CN(C)C(=O)c3c(O)c(=O)c(C(=O)NCc4cccc(Cl)c4F)cn32)C1. The number of aromatic hydroxyl groups is 1. The van der Waals surface area contributed by atoms with E-state index in [1.54, 1.807) is 20.2 Å². The van der Waals surface area contributed by atoms with E-state index in [-0.39, 0.29) is 34.5 Å². The van der Waals surface area contributed by atoms with Gasteiger partial charge in [0.25, 0.3) is 11.8 Å². The van der Waals surface area contributed by atoms with Crippen LogP contribution in [0.2, 0.25) is 5.02 Å². The molecule has 2 aliphatic rings. The summed E-state index contributed by atoms with van der Waals surface area (Å²) in [4.78, 5) is 39.5. The summed E-state index contributed by atoms with van der Waals surface area (Å²) in [5.41, 5.74) is -1.88. The van der Waals surface area contributed by atoms with Gasteiger partial charge in [0.2, 0.25) is 5.43 Å². The number of hydrogen-bond donors (Lipinski definition) is 2. The van der Waals surface area contributed by atoms with Gasteiger partial charge < -0.3 is 24.6 Å². The molecule has 1 aliphatic heterocycles. The van der Waals surface area contributed by atoms with Crippen LogP contribution in [-0.2, 0) is 16.8 Å². The minimum Gasteiger partial charge on any atom is -0.503 e. The molecule has 164 valence electrons. The number of pyridine rings is 1. The summed E-state index contributed by atoms with van der Waals surface area (Å²) < 4.78 is 21.0. The van der Waals surface area contributed by atoms with Gasteiger partial charge in [0.15, 0.2) is 11.4 Å². The van der Waals surface area contributed by atoms with Crippen LogP contribution < -0.4 is 10.7 Å². The third-order valence-corrected chi connectivity index (χ3v) is 6.33. The van der Waals surface area contributed by atoms with Crippen LogP contribution in [0.25, 0.3) is 0 Å². The smallest absolute Gasteiger partial charge is 0.274 e. The number of nitrogens with zero attached hydrogens (tertiary/aromatic N) is 2. The van der Waals surface area contributed by atoms with Crippen LogP contribution >= 0.6 is 11.6 Å². The zero-order valence-electron chi connectivity index (χ0n) is 16.9. The Morgan fingerprint density at radius 2 is 2.10 bits per heavy atom. The number of carbonyl (C=O) groups is 2. The van der Waals surface area contributed by atoms with E-state index >= 15 is 0 Å². The van der Waals surface area contributed by atoms with Crippen molar-refractivity contribution in [3.63, 3.8) is 0 Å². The Morgan fingerprint density at radius 3 is 2.77 bits per heavy atom. The van der Waals surface area contributed by atoms with Crippen LogP contribution in [0.5, 0.6) is 5.75 Å². The van der Waals surface area contributed by atoms with Gasteiger partial charge in [0.05, 0.1) is 16.7 Å². The number of methoxy groups -OCH3 is 1. The highest BCUT2D eigenvalue weighted by Gasteiger charge is 2.52. The van der Waals surface area contributed by atoms with E-state index in [0.717, 1.165) is 0 Å². The first-order valence-corrected chi connectivity index (χ1v) is 10.0. The molecule has 2 amide bonds. The molecule has 2 N–H and O–H groups in total. The predicted molar refractivity (Wildman–Crippen MR) is 110 cm³/mol. The molecule has 0 bridgehead atoms. The summed E-state index contributed by atoms with van der Waals surface area (Å²) in [6.45, 7) is 0.154. The topological polar surface area (TPSA) is 101 Å². The monoisotopic (exact) mass is 449 g/mol. The van der Waals surface area contributed by atoms with Crippen molar-refractivity contribution in [3.8, 4) is 5.75 Å². The predicted octanol–water partition coefficient (Wildman–Crippen LogP) is 1.87. The molecule has 2 aromatic rings. The number of halogens is 2. The number of aromatic nitrogens is 1. The number of hydrogen-bond acceptors (Lipinski definition) is 5. The van der Waals surface area contributed by atoms with E-state index in [9.17, 15) is 23.9 Å². The van der Waals surface area contributed by atoms with Gasteiger partial charge >= 0.3 is 0 Å². The minimum atomic E-state index is -0.961. The number of fused-ring (bicyclic) bond motifs is 2. The van der Waals surface area contributed by atoms with Crippen molar-refractivity contribution in [2.24, 2.45) is 0 Å². The molecule has 2 heterocycles. The van der Waals surface area contributed by atoms with E-state index in [1.165, 1.54) is 27.8 Å². The average molecular weight is 450 g/mol. The second kappa shape index (κ2) is 7.65. The number of rotatable bonds is 4. The van der Waals surface area contributed by atoms with Gasteiger partial charge in [-0.2, -0.15) is 0 Å². The minimum absolute atomic E-state index is 0.0286. The fourth-order valence-electron chi connectivity index (χ4n) is 4.35. The van der Waals surface area contributed by atoms with Crippen LogP contribution in [0, 0.1) is 5.82 Å². The largest absolute Gasteiger partial charge is 0.503 e. The third-order valence-electron chi connectivity index (χ3n) is 6.04. The Bertz CT molecular complexity index is 1140. The summed E-state index contributed by atoms with van der Waals surface area (Å²) >= 11 is 5.75. The molecular weight excluding hydrogens is 429 g/mol. The Balaban J connectivity index is 1.70. The van der Waals surface area contributed by atoms with E-state index in [2.05, 4.69) is 5.32 Å². The maximum atomic E-state index is 14.1. The Hall–Kier alpha value is -2.91. The number of nitrogens with one attached hydrogen (secondary N) is 1. The molecule has 8 nitrogen and oxygen atoms in total. The Labute approximate surface area is 182 Å². The molecule has 10 heteroatoms. The maximum Gasteiger partial charge on any atom is 0.274 e. The van der Waals surface area contributed by atoms with Gasteiger partial charge in [-0.3, -0.25) is 14.4 Å². The van der Waals surface area contributed by atoms with Gasteiger partial charge in [0, 0.05) is 39.0 Å². The summed E-state index contributed by atoms with van der Waals surface area (Å²) in [7, 11) is 3.19. The lowest BCUT2D eigenvalue weighted by Gasteiger charge is -2.53. The lowest BCUT2D eigenvalue weighted by molar-refractivity contribution is -0.0673. The van der Waals surface area contributed by atoms with Crippen molar-refractivity contribution in [1.29, 1.82) is 0 Å². The standard InChI is InChI=1S/C21H21ClFN3O5/c1-25-10-21(6-12(7-21)31-2)26-9-13(17(27)18(28)16(26)20(25)30)19(29)24-8-11-4-3-5-14(22)15(11)23/h3-5,9,12,28H,6-8,10H2,1-2H3,(H,24,29)/t12-,21-. The molecular formula is C21H21ClFN3O5. The molecule has 1 aromatic carbocycles. The van der Waals surface area contributed by atoms with Crippen LogP contribution in [0.4, 0.5) is 4.39 Å². The number of benzene rings is 1. The van der Waals surface area contributed by atoms with Crippen molar-refractivity contribution in [1.82, 2.24) is 14.8 Å². The Kier molecular flexibility index (Phi) is 5.26. The third kappa shape index (κ3) is 3.37. The fraction of sp³-hybridized carbons (Fsp3) is 0.381. The highest BCUT2D eigenvalue weighted by atomic mass is 35.5. The molecule has 0 unspecified atom stereocenters. The molecule has 1 spiro atoms. The van der Waals surface area contributed by atoms with Crippen LogP contribution in [0.15, 0.2) is 29.2 Å². The highest BCUT2D eigenvalue weighted by molar-refractivity contribution is 6.30. The molecule has 0 radical (unpaired) electrons. The van der Waals surface area contributed by atoms with Gasteiger partial charge in [-0.15, -0.1) is 0 Å². The van der Waals surface area contributed by atoms with Crippen molar-refractivity contribution in [2.45, 2.75) is 31.0 Å². The van der Waals surface area contributed by atoms with Gasteiger partial charge in [0.1, 0.15) is 11.4 Å². The molecule has 1 fully saturated rings. The Morgan fingerprint density at radius 1 is 1.39 bits per heavy atom. The average Bonchev–Trinajstić information content (AvgIpc) is 2.71. The van der Waals surface area contributed by atoms with E-state index in [1.807, 2.05) is 0 Å². The first kappa shape index (κ1) is 21.3. The molecule has 1 saturated carbocycles. The van der Waals surface area contributed by atoms with E-state index in [4.69, 9.17) is 16.3 Å². The normalized spacial score (nSPS) is 22.3. The highest BCUT2D eigenvalue weighted by Crippen LogP contribution is 2.45. The first-order valence-electron chi connectivity index (χ1n) is 9.67. The van der Waals surface area contributed by atoms with Crippen LogP contribution in [0.3, 0.4) is 0 Å². The zero-order chi connectivity index (χ0) is 22.5. The molecule has 0 saturated heterocycles. The van der Waals surface area contributed by atoms with Gasteiger partial charge in [-0.1, -0.05) is 23.7 Å². The molecule has 31 heavy (non-hydrogen) atoms. The van der Waals surface area contributed by atoms with E-state index < -0.39 is 34.3 Å². The van der Waals surface area contributed by atoms with Gasteiger partial charge in [-0.05, 0) is 18.9 Å². The quantitative estimate of drug-likeness (QED) is 0.742. The second-order valence-electron chi connectivity index (χ2n) is 7.99. The maximum absolute atomic E-state index is 14.1. The number of likely N-dealkylation sites (N-methyl/N-ethyl adjacent to an activating group) is 1. The van der Waals surface area contributed by atoms with Crippen molar-refractivity contribution in [3.05, 3.63) is 62.3 Å². The number of amides is 2. The number of carbonyl (C=O) groups excluding carboxylic acids is 2. The van der Waals surface area contributed by atoms with Crippen LogP contribution in [-0.4, -0.2) is 53.2 Å². The molecule has 1 aromatic heterocycles. The van der Waals surface area contributed by atoms with Crippen LogP contribution in [0.1, 0.15) is 39.3 Å². The lowest BCUT2D eigenvalue weighted by Crippen LogP contribution is -2.61. The fourth-order valence-corrected chi connectivity index (χ4v) is 4.54. The lowest BCUT2D eigenvalue weighted by atomic mass is 9.72. The van der Waals surface area contributed by atoms with Crippen molar-refractivity contribution in [2.75, 3.05) is 20.7 Å². The van der Waals surface area contributed by atoms with E-state index in [0.29, 0.717) is 19.4 Å². The van der Waals surface area contributed by atoms with Gasteiger partial charge in [-0.25, -0.2) is 4.39 Å². The number of ether oxygens (including phenoxy) is 1. The molecule has 1 aliphatic carbocycles. The van der Waals surface area contributed by atoms with Crippen molar-refractivity contribution < 1.29 is 23.8 Å². The molecule has 4 rings (SSSR count). The second-order valence-corrected chi connectivity index (χ2v) is 8.39. The summed E-state index contributed by atoms with van der Waals surface area (Å²) in [5, 5.41) is 12.9. The summed E-state index contributed by atoms with van der Waals surface area (Å²) in [6.07, 6.45) is 2.40. The zero-order valence-corrected chi connectivity index (χ0v) is 17.7.